The molecule has 25 heavy (non-hydrogen) atoms. The summed E-state index contributed by atoms with van der Waals surface area (Å²) in [5.74, 6) is 2.42. The van der Waals surface area contributed by atoms with Gasteiger partial charge in [0.05, 0.1) is 11.1 Å². The minimum atomic E-state index is 0.704. The smallest absolute Gasteiger partial charge is 0.150 e. The first-order valence-corrected chi connectivity index (χ1v) is 9.93. The van der Waals surface area contributed by atoms with Crippen LogP contribution in [-0.2, 0) is 5.75 Å². The van der Waals surface area contributed by atoms with E-state index in [-0.39, 0.29) is 0 Å². The van der Waals surface area contributed by atoms with E-state index in [2.05, 4.69) is 18.8 Å². The fourth-order valence-corrected chi connectivity index (χ4v) is 4.51. The van der Waals surface area contributed by atoms with Gasteiger partial charge in [0, 0.05) is 27.2 Å². The first-order chi connectivity index (χ1) is 12.1. The Balaban J connectivity index is 1.73. The molecule has 4 aromatic rings. The van der Waals surface area contributed by atoms with Crippen LogP contribution >= 0.6 is 34.7 Å². The van der Waals surface area contributed by atoms with E-state index in [1.54, 1.807) is 35.6 Å². The van der Waals surface area contributed by atoms with Crippen molar-refractivity contribution in [1.29, 1.82) is 0 Å². The van der Waals surface area contributed by atoms with Crippen LogP contribution in [0.2, 0.25) is 5.02 Å². The van der Waals surface area contributed by atoms with Gasteiger partial charge in [0.15, 0.2) is 5.82 Å². The van der Waals surface area contributed by atoms with Gasteiger partial charge in [-0.2, -0.15) is 0 Å². The highest BCUT2D eigenvalue weighted by molar-refractivity contribution is 7.98. The van der Waals surface area contributed by atoms with Crippen LogP contribution in [0.5, 0.6) is 0 Å². The molecule has 0 saturated heterocycles. The zero-order chi connectivity index (χ0) is 17.4. The summed E-state index contributed by atoms with van der Waals surface area (Å²) in [6.07, 6.45) is 5.47. The van der Waals surface area contributed by atoms with Gasteiger partial charge >= 0.3 is 0 Å². The topological polar surface area (TPSA) is 43.6 Å². The molecule has 7 heteroatoms. The number of imidazole rings is 1. The molecular formula is C18H15ClN4S2. The molecule has 0 amide bonds. The van der Waals surface area contributed by atoms with Gasteiger partial charge in [-0.3, -0.25) is 4.57 Å². The number of benzene rings is 1. The zero-order valence-corrected chi connectivity index (χ0v) is 16.1. The predicted molar refractivity (Wildman–Crippen MR) is 105 cm³/mol. The molecule has 0 bridgehead atoms. The largest absolute Gasteiger partial charge is 0.290 e. The quantitative estimate of drug-likeness (QED) is 0.438. The second-order valence-corrected chi connectivity index (χ2v) is 8.33. The van der Waals surface area contributed by atoms with E-state index in [1.807, 2.05) is 35.0 Å². The molecule has 1 aromatic carbocycles. The third-order valence-electron chi connectivity index (χ3n) is 3.99. The summed E-state index contributed by atoms with van der Waals surface area (Å²) in [7, 11) is 0. The van der Waals surface area contributed by atoms with Crippen LogP contribution in [-0.4, -0.2) is 19.5 Å². The van der Waals surface area contributed by atoms with Gasteiger partial charge < -0.3 is 0 Å². The molecular weight excluding hydrogens is 372 g/mol. The van der Waals surface area contributed by atoms with E-state index in [4.69, 9.17) is 21.6 Å². The first kappa shape index (κ1) is 16.6. The maximum atomic E-state index is 5.95. The Bertz CT molecular complexity index is 1020. The summed E-state index contributed by atoms with van der Waals surface area (Å²) in [5.41, 5.74) is 1.24. The van der Waals surface area contributed by atoms with Crippen molar-refractivity contribution in [3.63, 3.8) is 0 Å². The predicted octanol–water partition coefficient (Wildman–Crippen LogP) is 5.44. The Labute approximate surface area is 158 Å². The minimum absolute atomic E-state index is 0.704. The van der Waals surface area contributed by atoms with Crippen molar-refractivity contribution in [2.75, 3.05) is 0 Å². The monoisotopic (exact) mass is 386 g/mol. The Morgan fingerprint density at radius 1 is 1.16 bits per heavy atom. The van der Waals surface area contributed by atoms with Crippen molar-refractivity contribution in [2.45, 2.75) is 24.5 Å². The lowest BCUT2D eigenvalue weighted by Gasteiger charge is -2.08. The first-order valence-electron chi connectivity index (χ1n) is 7.75. The second-order valence-electron chi connectivity index (χ2n) is 5.64. The molecule has 0 fully saturated rings. The lowest BCUT2D eigenvalue weighted by atomic mass is 10.2. The molecule has 0 unspecified atom stereocenters. The number of thioether (sulfide) groups is 1. The second kappa shape index (κ2) is 6.78. The fourth-order valence-electron chi connectivity index (χ4n) is 2.59. The van der Waals surface area contributed by atoms with Gasteiger partial charge in [0.1, 0.15) is 17.0 Å². The number of thiophene rings is 1. The molecule has 0 aliphatic rings. The molecule has 3 heterocycles. The molecule has 0 radical (unpaired) electrons. The lowest BCUT2D eigenvalue weighted by Crippen LogP contribution is -2.02. The van der Waals surface area contributed by atoms with E-state index in [1.165, 1.54) is 10.4 Å². The van der Waals surface area contributed by atoms with Crippen LogP contribution in [0.15, 0.2) is 47.9 Å². The maximum absolute atomic E-state index is 5.95. The van der Waals surface area contributed by atoms with E-state index < -0.39 is 0 Å². The van der Waals surface area contributed by atoms with E-state index in [9.17, 15) is 0 Å². The van der Waals surface area contributed by atoms with E-state index in [0.717, 1.165) is 31.8 Å². The number of halogens is 1. The highest BCUT2D eigenvalue weighted by Crippen LogP contribution is 2.33. The molecule has 4 nitrogen and oxygen atoms in total. The average molecular weight is 387 g/mol. The van der Waals surface area contributed by atoms with Gasteiger partial charge in [-0.05, 0) is 43.7 Å². The number of rotatable bonds is 4. The van der Waals surface area contributed by atoms with Gasteiger partial charge in [-0.25, -0.2) is 15.0 Å². The molecule has 0 N–H and O–H groups in total. The average Bonchev–Trinajstić information content (AvgIpc) is 3.23. The Hall–Kier alpha value is -1.89. The molecule has 0 aliphatic carbocycles. The van der Waals surface area contributed by atoms with Crippen molar-refractivity contribution >= 4 is 44.9 Å². The third kappa shape index (κ3) is 3.29. The van der Waals surface area contributed by atoms with Crippen LogP contribution < -0.4 is 0 Å². The lowest BCUT2D eigenvalue weighted by molar-refractivity contribution is 0.956. The number of fused-ring (bicyclic) bond motifs is 1. The number of aromatic nitrogens is 4. The van der Waals surface area contributed by atoms with Gasteiger partial charge in [0.25, 0.3) is 0 Å². The van der Waals surface area contributed by atoms with Gasteiger partial charge in [-0.15, -0.1) is 23.1 Å². The Morgan fingerprint density at radius 3 is 2.68 bits per heavy atom. The van der Waals surface area contributed by atoms with Crippen LogP contribution in [0.3, 0.4) is 0 Å². The normalized spacial score (nSPS) is 11.3. The number of hydrogen-bond donors (Lipinski definition) is 0. The standard InChI is InChI=1S/C18H15ClN4S2/c1-11-12(2)25-18-16(11)17(23-8-7-20-10-23)21-15(22-18)9-24-14-5-3-13(19)4-6-14/h3-8,10H,9H2,1-2H3. The fraction of sp³-hybridized carbons (Fsp3) is 0.167. The number of nitrogens with zero attached hydrogens (tertiary/aromatic N) is 4. The molecule has 0 atom stereocenters. The van der Waals surface area contributed by atoms with Crippen molar-refractivity contribution in [3.05, 3.63) is 64.3 Å². The van der Waals surface area contributed by atoms with Crippen LogP contribution in [0.1, 0.15) is 16.3 Å². The molecule has 3 aromatic heterocycles. The molecule has 0 spiro atoms. The van der Waals surface area contributed by atoms with Crippen molar-refractivity contribution in [1.82, 2.24) is 19.5 Å². The molecule has 4 rings (SSSR count). The summed E-state index contributed by atoms with van der Waals surface area (Å²) in [4.78, 5) is 17.2. The molecule has 126 valence electrons. The summed E-state index contributed by atoms with van der Waals surface area (Å²) in [6, 6.07) is 7.83. The number of aryl methyl sites for hydroxylation is 2. The van der Waals surface area contributed by atoms with E-state index in [0.29, 0.717) is 5.75 Å². The molecule has 0 aliphatic heterocycles. The summed E-state index contributed by atoms with van der Waals surface area (Å²) < 4.78 is 1.96. The SMILES string of the molecule is Cc1sc2nc(CSc3ccc(Cl)cc3)nc(-n3ccnc3)c2c1C. The van der Waals surface area contributed by atoms with Crippen LogP contribution in [0, 0.1) is 13.8 Å². The van der Waals surface area contributed by atoms with Gasteiger partial charge in [0.2, 0.25) is 0 Å². The highest BCUT2D eigenvalue weighted by atomic mass is 35.5. The summed E-state index contributed by atoms with van der Waals surface area (Å²) >= 11 is 9.37. The van der Waals surface area contributed by atoms with E-state index >= 15 is 0 Å². The van der Waals surface area contributed by atoms with Crippen molar-refractivity contribution in [3.8, 4) is 5.82 Å². The Kier molecular flexibility index (Phi) is 4.50. The zero-order valence-electron chi connectivity index (χ0n) is 13.7. The van der Waals surface area contributed by atoms with Crippen molar-refractivity contribution < 1.29 is 0 Å². The van der Waals surface area contributed by atoms with Crippen LogP contribution in [0.4, 0.5) is 0 Å². The van der Waals surface area contributed by atoms with Crippen molar-refractivity contribution in [2.24, 2.45) is 0 Å². The minimum Gasteiger partial charge on any atom is -0.290 e. The summed E-state index contributed by atoms with van der Waals surface area (Å²) in [5, 5.41) is 1.86. The van der Waals surface area contributed by atoms with Crippen LogP contribution in [0.25, 0.3) is 16.0 Å². The Morgan fingerprint density at radius 2 is 1.96 bits per heavy atom. The number of hydrogen-bond acceptors (Lipinski definition) is 5. The summed E-state index contributed by atoms with van der Waals surface area (Å²) in [6.45, 7) is 4.25. The molecule has 0 saturated carbocycles. The third-order valence-corrected chi connectivity index (χ3v) is 6.35. The maximum Gasteiger partial charge on any atom is 0.150 e. The highest BCUT2D eigenvalue weighted by Gasteiger charge is 2.16. The van der Waals surface area contributed by atoms with Gasteiger partial charge in [-0.1, -0.05) is 11.6 Å².